The number of carbonyl (C=O) groups is 1. The van der Waals surface area contributed by atoms with Gasteiger partial charge in [0.15, 0.2) is 17.5 Å². The lowest BCUT2D eigenvalue weighted by Crippen LogP contribution is -2.46. The summed E-state index contributed by atoms with van der Waals surface area (Å²) in [6.07, 6.45) is 3.33. The Labute approximate surface area is 184 Å². The lowest BCUT2D eigenvalue weighted by Gasteiger charge is -2.37. The van der Waals surface area contributed by atoms with E-state index in [1.807, 2.05) is 17.9 Å². The number of nitrogens with zero attached hydrogens (tertiary/aromatic N) is 2. The van der Waals surface area contributed by atoms with Crippen LogP contribution in [0.15, 0.2) is 23.2 Å². The summed E-state index contributed by atoms with van der Waals surface area (Å²) in [7, 11) is 0. The summed E-state index contributed by atoms with van der Waals surface area (Å²) < 4.78 is 16.8. The molecule has 0 saturated carbocycles. The zero-order valence-corrected chi connectivity index (χ0v) is 18.6. The van der Waals surface area contributed by atoms with E-state index >= 15 is 0 Å². The maximum atomic E-state index is 12.0. The van der Waals surface area contributed by atoms with Gasteiger partial charge in [0.1, 0.15) is 0 Å². The van der Waals surface area contributed by atoms with Crippen LogP contribution in [0.2, 0.25) is 0 Å². The number of hydrogen-bond donors (Lipinski definition) is 2. The quantitative estimate of drug-likeness (QED) is 0.531. The van der Waals surface area contributed by atoms with Gasteiger partial charge < -0.3 is 29.7 Å². The number of likely N-dealkylation sites (tertiary alicyclic amines) is 1. The molecule has 3 heterocycles. The van der Waals surface area contributed by atoms with Crippen LogP contribution in [0.5, 0.6) is 11.5 Å². The molecule has 4 rings (SSSR count). The van der Waals surface area contributed by atoms with Crippen molar-refractivity contribution in [3.8, 4) is 11.5 Å². The molecule has 1 unspecified atom stereocenters. The van der Waals surface area contributed by atoms with Crippen LogP contribution in [0.3, 0.4) is 0 Å². The SMILES string of the molecule is CCNC(=NCC1(c2ccc3c(c2)OCO3)CCOCC1)NC1CCN(C(=O)CC)C1. The molecule has 2 N–H and O–H groups in total. The van der Waals surface area contributed by atoms with Gasteiger partial charge in [0.2, 0.25) is 12.7 Å². The Morgan fingerprint density at radius 1 is 1.23 bits per heavy atom. The van der Waals surface area contributed by atoms with Crippen LogP contribution in [0, 0.1) is 0 Å². The van der Waals surface area contributed by atoms with Crippen LogP contribution in [0.1, 0.15) is 45.1 Å². The minimum atomic E-state index is -0.0958. The second-order valence-electron chi connectivity index (χ2n) is 8.48. The molecule has 8 nitrogen and oxygen atoms in total. The van der Waals surface area contributed by atoms with Gasteiger partial charge in [0.05, 0.1) is 6.54 Å². The molecule has 3 aliphatic rings. The molecule has 2 saturated heterocycles. The summed E-state index contributed by atoms with van der Waals surface area (Å²) in [5.41, 5.74) is 1.13. The predicted octanol–water partition coefficient (Wildman–Crippen LogP) is 2.03. The lowest BCUT2D eigenvalue weighted by molar-refractivity contribution is -0.129. The van der Waals surface area contributed by atoms with Gasteiger partial charge in [-0.25, -0.2) is 0 Å². The van der Waals surface area contributed by atoms with Gasteiger partial charge >= 0.3 is 0 Å². The Kier molecular flexibility index (Phi) is 6.85. The van der Waals surface area contributed by atoms with E-state index in [2.05, 4.69) is 29.7 Å². The fourth-order valence-corrected chi connectivity index (χ4v) is 4.60. The first-order valence-electron chi connectivity index (χ1n) is 11.4. The molecule has 0 aliphatic carbocycles. The third kappa shape index (κ3) is 4.89. The summed E-state index contributed by atoms with van der Waals surface area (Å²) in [4.78, 5) is 18.9. The predicted molar refractivity (Wildman–Crippen MR) is 119 cm³/mol. The van der Waals surface area contributed by atoms with Gasteiger partial charge in [0.25, 0.3) is 0 Å². The molecule has 1 aromatic rings. The highest BCUT2D eigenvalue weighted by Gasteiger charge is 2.36. The zero-order valence-electron chi connectivity index (χ0n) is 18.6. The average Bonchev–Trinajstić information content (AvgIpc) is 3.47. The standard InChI is InChI=1S/C23H34N4O4/c1-3-21(28)27-10-7-18(14-27)26-22(24-4-2)25-15-23(8-11-29-12-9-23)17-5-6-19-20(13-17)31-16-30-19/h5-6,13,18H,3-4,7-12,14-16H2,1-2H3,(H2,24,25,26). The van der Waals surface area contributed by atoms with Crippen molar-refractivity contribution < 1.29 is 19.0 Å². The molecule has 0 bridgehead atoms. The topological polar surface area (TPSA) is 84.4 Å². The normalized spacial score (nSPS) is 22.5. The van der Waals surface area contributed by atoms with Crippen LogP contribution >= 0.6 is 0 Å². The Hall–Kier alpha value is -2.48. The Morgan fingerprint density at radius 2 is 2.03 bits per heavy atom. The van der Waals surface area contributed by atoms with Crippen LogP contribution in [-0.4, -0.2) is 69.0 Å². The van der Waals surface area contributed by atoms with E-state index in [-0.39, 0.29) is 24.2 Å². The largest absolute Gasteiger partial charge is 0.454 e. The zero-order chi connectivity index (χ0) is 21.7. The molecule has 1 atom stereocenters. The molecule has 2 fully saturated rings. The number of aliphatic imine (C=N–C) groups is 1. The monoisotopic (exact) mass is 430 g/mol. The number of hydrogen-bond acceptors (Lipinski definition) is 5. The molecular formula is C23H34N4O4. The van der Waals surface area contributed by atoms with Crippen molar-refractivity contribution in [2.45, 2.75) is 51.0 Å². The third-order valence-corrected chi connectivity index (χ3v) is 6.50. The van der Waals surface area contributed by atoms with Crippen molar-refractivity contribution >= 4 is 11.9 Å². The Balaban J connectivity index is 1.49. The van der Waals surface area contributed by atoms with E-state index in [0.29, 0.717) is 13.0 Å². The van der Waals surface area contributed by atoms with Crippen molar-refractivity contribution in [3.63, 3.8) is 0 Å². The number of guanidine groups is 1. The first kappa shape index (κ1) is 21.7. The first-order valence-corrected chi connectivity index (χ1v) is 11.4. The van der Waals surface area contributed by atoms with E-state index in [4.69, 9.17) is 19.2 Å². The molecule has 0 aromatic heterocycles. The number of fused-ring (bicyclic) bond motifs is 1. The summed E-state index contributed by atoms with van der Waals surface area (Å²) in [6.45, 7) is 8.71. The minimum Gasteiger partial charge on any atom is -0.454 e. The van der Waals surface area contributed by atoms with Crippen LogP contribution in [-0.2, 0) is 14.9 Å². The van der Waals surface area contributed by atoms with E-state index in [9.17, 15) is 4.79 Å². The van der Waals surface area contributed by atoms with E-state index in [0.717, 1.165) is 69.6 Å². The molecule has 1 aromatic carbocycles. The third-order valence-electron chi connectivity index (χ3n) is 6.50. The summed E-state index contributed by atoms with van der Waals surface area (Å²) >= 11 is 0. The highest BCUT2D eigenvalue weighted by molar-refractivity contribution is 5.80. The molecule has 0 radical (unpaired) electrons. The number of nitrogens with one attached hydrogen (secondary N) is 2. The fraction of sp³-hybridized carbons (Fsp3) is 0.652. The smallest absolute Gasteiger partial charge is 0.231 e. The highest BCUT2D eigenvalue weighted by Crippen LogP contribution is 2.41. The van der Waals surface area contributed by atoms with E-state index < -0.39 is 0 Å². The molecule has 8 heteroatoms. The van der Waals surface area contributed by atoms with E-state index in [1.54, 1.807) is 0 Å². The summed E-state index contributed by atoms with van der Waals surface area (Å²) in [5, 5.41) is 6.92. The molecule has 3 aliphatic heterocycles. The molecule has 0 spiro atoms. The summed E-state index contributed by atoms with van der Waals surface area (Å²) in [5.74, 6) is 2.64. The molecule has 170 valence electrons. The highest BCUT2D eigenvalue weighted by atomic mass is 16.7. The van der Waals surface area contributed by atoms with E-state index in [1.165, 1.54) is 5.56 Å². The van der Waals surface area contributed by atoms with Gasteiger partial charge in [-0.15, -0.1) is 0 Å². The fourth-order valence-electron chi connectivity index (χ4n) is 4.60. The van der Waals surface area contributed by atoms with Crippen molar-refractivity contribution in [1.29, 1.82) is 0 Å². The van der Waals surface area contributed by atoms with Gasteiger partial charge in [-0.05, 0) is 43.9 Å². The van der Waals surface area contributed by atoms with Crippen LogP contribution in [0.4, 0.5) is 0 Å². The lowest BCUT2D eigenvalue weighted by atomic mass is 9.74. The van der Waals surface area contributed by atoms with Crippen LogP contribution in [0.25, 0.3) is 0 Å². The maximum absolute atomic E-state index is 12.0. The number of amides is 1. The average molecular weight is 431 g/mol. The van der Waals surface area contributed by atoms with Crippen molar-refractivity contribution in [2.75, 3.05) is 46.2 Å². The van der Waals surface area contributed by atoms with Gasteiger partial charge in [0, 0.05) is 50.7 Å². The number of carbonyl (C=O) groups excluding carboxylic acids is 1. The molecule has 1 amide bonds. The van der Waals surface area contributed by atoms with Gasteiger partial charge in [-0.2, -0.15) is 0 Å². The van der Waals surface area contributed by atoms with Crippen molar-refractivity contribution in [1.82, 2.24) is 15.5 Å². The van der Waals surface area contributed by atoms with Crippen molar-refractivity contribution in [3.05, 3.63) is 23.8 Å². The number of rotatable bonds is 6. The summed E-state index contributed by atoms with van der Waals surface area (Å²) in [6, 6.07) is 6.47. The first-order chi connectivity index (χ1) is 15.1. The molecule has 31 heavy (non-hydrogen) atoms. The molecular weight excluding hydrogens is 396 g/mol. The Morgan fingerprint density at radius 3 is 2.81 bits per heavy atom. The second kappa shape index (κ2) is 9.77. The number of ether oxygens (including phenoxy) is 3. The maximum Gasteiger partial charge on any atom is 0.231 e. The number of benzene rings is 1. The second-order valence-corrected chi connectivity index (χ2v) is 8.48. The van der Waals surface area contributed by atoms with Crippen molar-refractivity contribution in [2.24, 2.45) is 4.99 Å². The minimum absolute atomic E-state index is 0.0958. The van der Waals surface area contributed by atoms with Gasteiger partial charge in [-0.1, -0.05) is 13.0 Å². The van der Waals surface area contributed by atoms with Crippen LogP contribution < -0.4 is 20.1 Å². The van der Waals surface area contributed by atoms with Gasteiger partial charge in [-0.3, -0.25) is 9.79 Å². The Bertz CT molecular complexity index is 807.